The first-order valence-corrected chi connectivity index (χ1v) is 13.5. The first-order valence-electron chi connectivity index (χ1n) is 12.7. The molecule has 37 heavy (non-hydrogen) atoms. The zero-order chi connectivity index (χ0) is 25.5. The van der Waals surface area contributed by atoms with Crippen molar-refractivity contribution in [2.24, 2.45) is 0 Å². The third kappa shape index (κ3) is 4.80. The van der Waals surface area contributed by atoms with E-state index in [-0.39, 0.29) is 31.2 Å². The van der Waals surface area contributed by atoms with Crippen molar-refractivity contribution in [2.75, 3.05) is 62.3 Å². The van der Waals surface area contributed by atoms with Crippen LogP contribution in [-0.2, 0) is 27.4 Å². The molecule has 3 amide bonds. The Morgan fingerprint density at radius 3 is 2.59 bits per heavy atom. The van der Waals surface area contributed by atoms with Crippen LogP contribution in [-0.4, -0.2) is 91.0 Å². The van der Waals surface area contributed by atoms with Gasteiger partial charge in [0.15, 0.2) is 5.13 Å². The minimum absolute atomic E-state index is 0.188. The zero-order valence-corrected chi connectivity index (χ0v) is 21.3. The summed E-state index contributed by atoms with van der Waals surface area (Å²) in [4.78, 5) is 51.1. The number of ether oxygens (including phenoxy) is 1. The normalized spacial score (nSPS) is 23.0. The number of rotatable bonds is 5. The second-order valence-corrected chi connectivity index (χ2v) is 10.9. The number of halogens is 1. The Balaban J connectivity index is 1.11. The second-order valence-electron chi connectivity index (χ2n) is 9.82. The Morgan fingerprint density at radius 1 is 1.05 bits per heavy atom. The van der Waals surface area contributed by atoms with Gasteiger partial charge in [0.05, 0.1) is 13.2 Å². The van der Waals surface area contributed by atoms with Gasteiger partial charge in [-0.15, -0.1) is 11.3 Å². The number of carbonyl (C=O) groups is 3. The molecule has 0 spiro atoms. The van der Waals surface area contributed by atoms with Gasteiger partial charge < -0.3 is 19.4 Å². The van der Waals surface area contributed by atoms with Crippen molar-refractivity contribution >= 4 is 39.9 Å². The number of fused-ring (bicyclic) bond motifs is 1. The largest absolute Gasteiger partial charge is 0.378 e. The highest BCUT2D eigenvalue weighted by atomic mass is 32.1. The van der Waals surface area contributed by atoms with Gasteiger partial charge in [-0.3, -0.25) is 24.6 Å². The number of hydrogen-bond acceptors (Lipinski definition) is 9. The van der Waals surface area contributed by atoms with Crippen LogP contribution in [0.25, 0.3) is 0 Å². The number of morpholine rings is 1. The van der Waals surface area contributed by atoms with Crippen LogP contribution in [0.2, 0.25) is 0 Å². The Labute approximate surface area is 218 Å². The van der Waals surface area contributed by atoms with E-state index in [1.54, 1.807) is 11.3 Å². The summed E-state index contributed by atoms with van der Waals surface area (Å²) in [6, 6.07) is 2.04. The Hall–Kier alpha value is -3.09. The van der Waals surface area contributed by atoms with Gasteiger partial charge in [0, 0.05) is 86.7 Å². The lowest BCUT2D eigenvalue weighted by molar-refractivity contribution is -0.136. The molecule has 1 N–H and O–H groups in total. The van der Waals surface area contributed by atoms with Crippen LogP contribution in [0.4, 0.5) is 15.2 Å². The fourth-order valence-electron chi connectivity index (χ4n) is 5.53. The van der Waals surface area contributed by atoms with Crippen LogP contribution < -0.4 is 15.1 Å². The Kier molecular flexibility index (Phi) is 6.55. The maximum Gasteiger partial charge on any atom is 0.255 e. The number of carbonyl (C=O) groups excluding carboxylic acids is 3. The van der Waals surface area contributed by atoms with E-state index in [2.05, 4.69) is 25.0 Å². The Bertz CT molecular complexity index is 1220. The molecule has 196 valence electrons. The summed E-state index contributed by atoms with van der Waals surface area (Å²) in [6.45, 7) is 7.28. The fraction of sp³-hybridized carbons (Fsp3) is 0.520. The molecule has 1 aromatic carbocycles. The molecule has 0 radical (unpaired) electrons. The summed E-state index contributed by atoms with van der Waals surface area (Å²) in [5.41, 5.74) is 1.77. The topological polar surface area (TPSA) is 98.3 Å². The second kappa shape index (κ2) is 9.99. The number of amides is 3. The predicted molar refractivity (Wildman–Crippen MR) is 135 cm³/mol. The number of hydrogen-bond donors (Lipinski definition) is 1. The van der Waals surface area contributed by atoms with Crippen molar-refractivity contribution in [3.8, 4) is 0 Å². The minimum atomic E-state index is -0.716. The smallest absolute Gasteiger partial charge is 0.255 e. The van der Waals surface area contributed by atoms with E-state index in [0.717, 1.165) is 56.6 Å². The summed E-state index contributed by atoms with van der Waals surface area (Å²) < 4.78 is 20.0. The molecule has 0 saturated carbocycles. The molecule has 0 bridgehead atoms. The number of aromatic nitrogens is 1. The van der Waals surface area contributed by atoms with Crippen LogP contribution in [0.15, 0.2) is 18.3 Å². The molecule has 4 aliphatic heterocycles. The van der Waals surface area contributed by atoms with E-state index in [0.29, 0.717) is 24.3 Å². The fourth-order valence-corrected chi connectivity index (χ4v) is 6.53. The first kappa shape index (κ1) is 24.3. The monoisotopic (exact) mass is 528 g/mol. The predicted octanol–water partition coefficient (Wildman–Crippen LogP) is 1.20. The van der Waals surface area contributed by atoms with E-state index >= 15 is 0 Å². The van der Waals surface area contributed by atoms with Gasteiger partial charge in [-0.05, 0) is 18.6 Å². The van der Waals surface area contributed by atoms with Crippen molar-refractivity contribution in [1.82, 2.24) is 20.1 Å². The van der Waals surface area contributed by atoms with Crippen LogP contribution in [0.3, 0.4) is 0 Å². The molecule has 5 heterocycles. The lowest BCUT2D eigenvalue weighted by Gasteiger charge is -2.37. The summed E-state index contributed by atoms with van der Waals surface area (Å²) in [7, 11) is 0. The summed E-state index contributed by atoms with van der Waals surface area (Å²) in [6.07, 6.45) is 2.43. The highest BCUT2D eigenvalue weighted by Crippen LogP contribution is 2.36. The zero-order valence-electron chi connectivity index (χ0n) is 20.4. The lowest BCUT2D eigenvalue weighted by Crippen LogP contribution is -2.52. The lowest BCUT2D eigenvalue weighted by atomic mass is 10.0. The average Bonchev–Trinajstić information content (AvgIpc) is 3.49. The maximum absolute atomic E-state index is 14.6. The van der Waals surface area contributed by atoms with Gasteiger partial charge in [-0.25, -0.2) is 9.37 Å². The highest BCUT2D eigenvalue weighted by molar-refractivity contribution is 7.15. The number of nitrogens with zero attached hydrogens (tertiary/aromatic N) is 5. The van der Waals surface area contributed by atoms with Gasteiger partial charge in [0.2, 0.25) is 11.8 Å². The average molecular weight is 529 g/mol. The number of thiazole rings is 1. The molecule has 3 fully saturated rings. The molecule has 12 heteroatoms. The van der Waals surface area contributed by atoms with E-state index in [1.165, 1.54) is 21.9 Å². The number of piperazine rings is 1. The highest BCUT2D eigenvalue weighted by Gasteiger charge is 2.41. The molecule has 3 saturated heterocycles. The van der Waals surface area contributed by atoms with Gasteiger partial charge in [-0.2, -0.15) is 0 Å². The quantitative estimate of drug-likeness (QED) is 0.579. The molecular weight excluding hydrogens is 499 g/mol. The number of anilines is 2. The number of nitrogens with one attached hydrogen (secondary N) is 1. The summed E-state index contributed by atoms with van der Waals surface area (Å²) in [5.74, 6) is -1.61. The van der Waals surface area contributed by atoms with E-state index < -0.39 is 17.8 Å². The molecule has 1 atom stereocenters. The van der Waals surface area contributed by atoms with E-state index in [4.69, 9.17) is 4.74 Å². The molecule has 6 rings (SSSR count). The summed E-state index contributed by atoms with van der Waals surface area (Å²) >= 11 is 1.72. The van der Waals surface area contributed by atoms with Crippen molar-refractivity contribution < 1.29 is 23.5 Å². The Morgan fingerprint density at radius 2 is 1.84 bits per heavy atom. The molecule has 2 aromatic rings. The van der Waals surface area contributed by atoms with Gasteiger partial charge in [0.25, 0.3) is 5.91 Å². The van der Waals surface area contributed by atoms with Gasteiger partial charge >= 0.3 is 0 Å². The molecule has 1 aromatic heterocycles. The number of imide groups is 1. The van der Waals surface area contributed by atoms with Gasteiger partial charge in [-0.1, -0.05) is 0 Å². The first-order chi connectivity index (χ1) is 18.0. The van der Waals surface area contributed by atoms with Crippen LogP contribution in [0, 0.1) is 5.82 Å². The van der Waals surface area contributed by atoms with Crippen molar-refractivity contribution in [3.63, 3.8) is 0 Å². The molecule has 0 aliphatic carbocycles. The maximum atomic E-state index is 14.6. The SMILES string of the molecule is O=C1CCC(N2Cc3c(cc(F)cc3N3CCN(Cc4cnc(N5CCOCC5)s4)CC3)C2=O)C(=O)N1. The molecule has 10 nitrogen and oxygen atoms in total. The molecule has 1 unspecified atom stereocenters. The van der Waals surface area contributed by atoms with E-state index in [1.807, 2.05) is 6.20 Å². The third-order valence-electron chi connectivity index (χ3n) is 7.51. The van der Waals surface area contributed by atoms with Gasteiger partial charge in [0.1, 0.15) is 11.9 Å². The number of benzene rings is 1. The van der Waals surface area contributed by atoms with E-state index in [9.17, 15) is 18.8 Å². The van der Waals surface area contributed by atoms with Crippen molar-refractivity contribution in [2.45, 2.75) is 32.0 Å². The summed E-state index contributed by atoms with van der Waals surface area (Å²) in [5, 5.41) is 3.35. The van der Waals surface area contributed by atoms with Crippen LogP contribution in [0.1, 0.15) is 33.6 Å². The van der Waals surface area contributed by atoms with Crippen molar-refractivity contribution in [1.29, 1.82) is 0 Å². The third-order valence-corrected chi connectivity index (χ3v) is 8.56. The van der Waals surface area contributed by atoms with Crippen molar-refractivity contribution in [3.05, 3.63) is 40.2 Å². The standard InChI is InChI=1S/C25H29FN6O4S/c26-16-11-18-19(15-32(24(18)35)20-1-2-22(33)28-23(20)34)21(12-16)30-5-3-29(4-6-30)14-17-13-27-25(37-17)31-7-9-36-10-8-31/h11-13,20H,1-10,14-15H2,(H,28,33,34). The molecular formula is C25H29FN6O4S. The number of piperidine rings is 1. The molecule has 4 aliphatic rings. The van der Waals surface area contributed by atoms with Crippen LogP contribution >= 0.6 is 11.3 Å². The minimum Gasteiger partial charge on any atom is -0.378 e. The van der Waals surface area contributed by atoms with Crippen LogP contribution in [0.5, 0.6) is 0 Å².